The van der Waals surface area contributed by atoms with Gasteiger partial charge in [0.1, 0.15) is 11.8 Å². The summed E-state index contributed by atoms with van der Waals surface area (Å²) in [4.78, 5) is 98.9. The van der Waals surface area contributed by atoms with Crippen molar-refractivity contribution in [3.8, 4) is 5.75 Å². The van der Waals surface area contributed by atoms with Crippen molar-refractivity contribution < 1.29 is 48.3 Å². The van der Waals surface area contributed by atoms with Crippen molar-refractivity contribution in [1.29, 1.82) is 0 Å². The number of nitrogens with zero attached hydrogens (tertiary/aromatic N) is 1. The molecule has 2 atom stereocenters. The van der Waals surface area contributed by atoms with Crippen LogP contribution in [0.25, 0.3) is 0 Å². The molecule has 18 heteroatoms. The molecular weight excluding hydrogens is 766 g/mol. The molecular formula is C41H35N7O11. The third-order valence-corrected chi connectivity index (χ3v) is 8.62. The minimum atomic E-state index is -1.63. The molecule has 0 aliphatic heterocycles. The van der Waals surface area contributed by atoms with Crippen LogP contribution in [0, 0.1) is 10.1 Å². The largest absolute Gasteiger partial charge is 0.507 e. The second-order valence-corrected chi connectivity index (χ2v) is 12.7. The summed E-state index contributed by atoms with van der Waals surface area (Å²) in [6, 6.07) is 24.5. The number of benzene rings is 5. The van der Waals surface area contributed by atoms with Crippen LogP contribution < -0.4 is 32.3 Å². The summed E-state index contributed by atoms with van der Waals surface area (Å²) in [5, 5.41) is 34.2. The first-order chi connectivity index (χ1) is 28.1. The van der Waals surface area contributed by atoms with Crippen molar-refractivity contribution in [2.75, 3.05) is 28.4 Å². The van der Waals surface area contributed by atoms with E-state index in [0.717, 1.165) is 7.11 Å². The Morgan fingerprint density at radius 1 is 0.610 bits per heavy atom. The number of primary amides is 1. The number of ether oxygens (including phenoxy) is 1. The van der Waals surface area contributed by atoms with Crippen LogP contribution in [0.5, 0.6) is 5.75 Å². The smallest absolute Gasteiger partial charge is 0.269 e. The Morgan fingerprint density at radius 3 is 1.49 bits per heavy atom. The quantitative estimate of drug-likeness (QED) is 0.0440. The summed E-state index contributed by atoms with van der Waals surface area (Å²) < 4.78 is 5.13. The molecule has 6 amide bonds. The Labute approximate surface area is 334 Å². The van der Waals surface area contributed by atoms with Gasteiger partial charge in [-0.1, -0.05) is 0 Å². The maximum absolute atomic E-state index is 13.4. The van der Waals surface area contributed by atoms with Crippen molar-refractivity contribution in [2.45, 2.75) is 19.1 Å². The number of rotatable bonds is 15. The highest BCUT2D eigenvalue weighted by molar-refractivity contribution is 6.09. The predicted octanol–water partition coefficient (Wildman–Crippen LogP) is 4.50. The maximum Gasteiger partial charge on any atom is 0.269 e. The van der Waals surface area contributed by atoms with Gasteiger partial charge in [-0.3, -0.25) is 43.7 Å². The van der Waals surface area contributed by atoms with Gasteiger partial charge in [0.15, 0.2) is 11.9 Å². The summed E-state index contributed by atoms with van der Waals surface area (Å²) in [5.74, 6) is -5.05. The van der Waals surface area contributed by atoms with Crippen LogP contribution in [0.2, 0.25) is 0 Å². The molecule has 18 nitrogen and oxygen atoms in total. The van der Waals surface area contributed by atoms with Crippen molar-refractivity contribution in [3.05, 3.63) is 153 Å². The second-order valence-electron chi connectivity index (χ2n) is 12.7. The number of methoxy groups -OCH3 is 1. The molecule has 5 aromatic rings. The van der Waals surface area contributed by atoms with Crippen LogP contribution in [-0.2, 0) is 14.3 Å². The van der Waals surface area contributed by atoms with E-state index >= 15 is 0 Å². The van der Waals surface area contributed by atoms with Crippen LogP contribution in [0.3, 0.4) is 0 Å². The number of carbonyl (C=O) groups is 7. The first kappa shape index (κ1) is 41.9. The average Bonchev–Trinajstić information content (AvgIpc) is 3.21. The molecule has 5 aromatic carbocycles. The monoisotopic (exact) mass is 801 g/mol. The normalized spacial score (nSPS) is 11.6. The Balaban J connectivity index is 1.19. The van der Waals surface area contributed by atoms with Crippen LogP contribution in [0.15, 0.2) is 115 Å². The van der Waals surface area contributed by atoms with Crippen LogP contribution in [0.4, 0.5) is 28.4 Å². The molecule has 300 valence electrons. The molecule has 0 saturated carbocycles. The summed E-state index contributed by atoms with van der Waals surface area (Å²) in [6.45, 7) is 1.42. The second kappa shape index (κ2) is 18.6. The average molecular weight is 802 g/mol. The number of carbonyl (C=O) groups excluding carboxylic acids is 7. The number of nitro groups is 1. The van der Waals surface area contributed by atoms with Gasteiger partial charge in [-0.25, -0.2) is 0 Å². The number of hydrogen-bond acceptors (Lipinski definition) is 11. The molecule has 0 spiro atoms. The van der Waals surface area contributed by atoms with E-state index in [1.807, 2.05) is 0 Å². The fourth-order valence-corrected chi connectivity index (χ4v) is 5.48. The number of nitrogens with one attached hydrogen (secondary N) is 5. The number of nitro benzene ring substituents is 1. The minimum absolute atomic E-state index is 0.0364. The van der Waals surface area contributed by atoms with E-state index in [-0.39, 0.29) is 50.8 Å². The van der Waals surface area contributed by atoms with Gasteiger partial charge in [-0.05, 0) is 104 Å². The van der Waals surface area contributed by atoms with Crippen LogP contribution in [0.1, 0.15) is 58.7 Å². The molecule has 0 aliphatic carbocycles. The first-order valence-electron chi connectivity index (χ1n) is 17.4. The highest BCUT2D eigenvalue weighted by Crippen LogP contribution is 2.24. The molecule has 0 fully saturated rings. The first-order valence-corrected chi connectivity index (χ1v) is 17.4. The van der Waals surface area contributed by atoms with Crippen molar-refractivity contribution >= 4 is 69.7 Å². The lowest BCUT2D eigenvalue weighted by atomic mass is 10.1. The number of ketones is 1. The van der Waals surface area contributed by atoms with Gasteiger partial charge in [-0.15, -0.1) is 0 Å². The zero-order valence-electron chi connectivity index (χ0n) is 31.2. The Morgan fingerprint density at radius 2 is 1.03 bits per heavy atom. The molecule has 5 rings (SSSR count). The Kier molecular flexibility index (Phi) is 13.2. The summed E-state index contributed by atoms with van der Waals surface area (Å²) in [6.07, 6.45) is -1.60. The Hall–Kier alpha value is -8.25. The number of phenols is 1. The SMILES string of the molecule is COC(C(N)=O)C(NC(=O)c1ccc(NC(=O)c2ccc([N+](=O)[O-])cc2)cc1)C(=O)Nc1ccc(C(=O)Nc2ccc(C(=O)Nc3ccc(C(C)=O)cc3)c(O)c2)cc1. The minimum Gasteiger partial charge on any atom is -0.507 e. The van der Waals surface area contributed by atoms with E-state index in [2.05, 4.69) is 26.6 Å². The number of non-ortho nitro benzene ring substituents is 1. The summed E-state index contributed by atoms with van der Waals surface area (Å²) in [7, 11) is 1.12. The van der Waals surface area contributed by atoms with E-state index in [0.29, 0.717) is 11.3 Å². The molecule has 2 unspecified atom stereocenters. The lowest BCUT2D eigenvalue weighted by molar-refractivity contribution is -0.384. The van der Waals surface area contributed by atoms with E-state index in [1.54, 1.807) is 24.3 Å². The van der Waals surface area contributed by atoms with E-state index in [1.165, 1.54) is 97.9 Å². The lowest BCUT2D eigenvalue weighted by Crippen LogP contribution is -2.56. The fourth-order valence-electron chi connectivity index (χ4n) is 5.48. The van der Waals surface area contributed by atoms with E-state index in [9.17, 15) is 48.8 Å². The zero-order chi connectivity index (χ0) is 42.8. The summed E-state index contributed by atoms with van der Waals surface area (Å²) >= 11 is 0. The van der Waals surface area contributed by atoms with Gasteiger partial charge in [-0.2, -0.15) is 0 Å². The fraction of sp³-hybridized carbons (Fsp3) is 0.0976. The number of phenolic OH excluding ortho intramolecular Hbond substituents is 1. The number of amides is 6. The van der Waals surface area contributed by atoms with E-state index in [4.69, 9.17) is 10.5 Å². The van der Waals surface area contributed by atoms with Gasteiger partial charge in [0.05, 0.1) is 10.5 Å². The molecule has 0 saturated heterocycles. The standard InChI is InChI=1S/C41H35N7O11/c1-22(49)23-3-11-28(12-4-23)44-40(55)32-20-17-30(21-33(32)50)46-38(53)24-5-15-29(16-6-24)45-41(56)34(35(59-2)36(42)51)47-39(54)25-7-13-27(14-8-25)43-37(52)26-9-18-31(19-10-26)48(57)58/h3-21,34-35,50H,1-2H3,(H2,42,51)(H,43,52)(H,44,55)(H,45,56)(H,46,53)(H,47,54). The topological polar surface area (TPSA) is 278 Å². The molecule has 0 aliphatic rings. The van der Waals surface area contributed by atoms with Gasteiger partial charge in [0.25, 0.3) is 29.3 Å². The third kappa shape index (κ3) is 10.7. The van der Waals surface area contributed by atoms with Crippen molar-refractivity contribution in [2.24, 2.45) is 5.73 Å². The molecule has 8 N–H and O–H groups in total. The lowest BCUT2D eigenvalue weighted by Gasteiger charge is -2.24. The Bertz CT molecular complexity index is 2440. The number of nitrogens with two attached hydrogens (primary N) is 1. The molecule has 59 heavy (non-hydrogen) atoms. The molecule has 0 radical (unpaired) electrons. The molecule has 0 bridgehead atoms. The van der Waals surface area contributed by atoms with Crippen LogP contribution in [-0.4, -0.2) is 70.5 Å². The number of hydrogen-bond donors (Lipinski definition) is 7. The maximum atomic E-state index is 13.4. The van der Waals surface area contributed by atoms with Crippen molar-refractivity contribution in [1.82, 2.24) is 5.32 Å². The van der Waals surface area contributed by atoms with Gasteiger partial charge in [0, 0.05) is 70.3 Å². The number of aromatic hydroxyl groups is 1. The number of Topliss-reactive ketones (excluding diaryl/α,β-unsaturated/α-hetero) is 1. The van der Waals surface area contributed by atoms with Gasteiger partial charge in [0.2, 0.25) is 11.8 Å². The summed E-state index contributed by atoms with van der Waals surface area (Å²) in [5.41, 5.74) is 7.05. The van der Waals surface area contributed by atoms with Gasteiger partial charge < -0.3 is 42.2 Å². The highest BCUT2D eigenvalue weighted by Gasteiger charge is 2.34. The third-order valence-electron chi connectivity index (χ3n) is 8.62. The predicted molar refractivity (Wildman–Crippen MR) is 214 cm³/mol. The van der Waals surface area contributed by atoms with E-state index < -0.39 is 58.3 Å². The zero-order valence-corrected chi connectivity index (χ0v) is 31.2. The van der Waals surface area contributed by atoms with Crippen LogP contribution >= 0.6 is 0 Å². The molecule has 0 heterocycles. The number of anilines is 4. The highest BCUT2D eigenvalue weighted by atomic mass is 16.6. The van der Waals surface area contributed by atoms with Gasteiger partial charge >= 0.3 is 0 Å². The molecule has 0 aromatic heterocycles. The van der Waals surface area contributed by atoms with Crippen molar-refractivity contribution in [3.63, 3.8) is 0 Å².